The fourth-order valence-corrected chi connectivity index (χ4v) is 2.95. The Morgan fingerprint density at radius 1 is 1.33 bits per heavy atom. The van der Waals surface area contributed by atoms with Crippen LogP contribution < -0.4 is 11.1 Å². The zero-order valence-corrected chi connectivity index (χ0v) is 15.6. The first-order valence-electron chi connectivity index (χ1n) is 8.08. The molecule has 0 unspecified atom stereocenters. The van der Waals surface area contributed by atoms with Crippen LogP contribution in [-0.2, 0) is 4.74 Å². The lowest BCUT2D eigenvalue weighted by Gasteiger charge is -2.40. The number of halogens is 1. The predicted molar refractivity (Wildman–Crippen MR) is 98.4 cm³/mol. The molecule has 1 heterocycles. The third kappa shape index (κ3) is 6.28. The Morgan fingerprint density at radius 2 is 2.05 bits per heavy atom. The fourth-order valence-electron chi connectivity index (χ4n) is 2.95. The summed E-state index contributed by atoms with van der Waals surface area (Å²) in [6.07, 6.45) is 6.32. The molecule has 3 N–H and O–H groups in total. The van der Waals surface area contributed by atoms with Gasteiger partial charge in [0.15, 0.2) is 5.96 Å². The molecule has 0 amide bonds. The quantitative estimate of drug-likeness (QED) is 0.291. The van der Waals surface area contributed by atoms with Gasteiger partial charge < -0.3 is 15.8 Å². The van der Waals surface area contributed by atoms with Gasteiger partial charge in [-0.15, -0.1) is 24.0 Å². The van der Waals surface area contributed by atoms with Gasteiger partial charge >= 0.3 is 0 Å². The second kappa shape index (κ2) is 9.84. The van der Waals surface area contributed by atoms with Gasteiger partial charge in [-0.3, -0.25) is 9.89 Å². The number of morpholine rings is 1. The summed E-state index contributed by atoms with van der Waals surface area (Å²) in [5, 5.41) is 3.24. The summed E-state index contributed by atoms with van der Waals surface area (Å²) >= 11 is 0. The van der Waals surface area contributed by atoms with Gasteiger partial charge in [-0.2, -0.15) is 0 Å². The van der Waals surface area contributed by atoms with Crippen LogP contribution in [0.4, 0.5) is 0 Å². The van der Waals surface area contributed by atoms with E-state index < -0.39 is 0 Å². The smallest absolute Gasteiger partial charge is 0.188 e. The molecule has 5 nitrogen and oxygen atoms in total. The van der Waals surface area contributed by atoms with E-state index in [9.17, 15) is 0 Å². The van der Waals surface area contributed by atoms with Gasteiger partial charge in [0.1, 0.15) is 0 Å². The van der Waals surface area contributed by atoms with Gasteiger partial charge in [0.25, 0.3) is 0 Å². The van der Waals surface area contributed by atoms with E-state index in [0.29, 0.717) is 11.4 Å². The van der Waals surface area contributed by atoms with Crippen LogP contribution in [0.5, 0.6) is 0 Å². The highest BCUT2D eigenvalue weighted by Crippen LogP contribution is 2.43. The summed E-state index contributed by atoms with van der Waals surface area (Å²) in [7, 11) is 0. The molecule has 1 saturated carbocycles. The Bertz CT molecular complexity index is 309. The maximum absolute atomic E-state index is 5.94. The van der Waals surface area contributed by atoms with Gasteiger partial charge in [-0.1, -0.05) is 13.3 Å². The van der Waals surface area contributed by atoms with E-state index in [1.54, 1.807) is 0 Å². The fraction of sp³-hybridized carbons (Fsp3) is 0.933. The van der Waals surface area contributed by atoms with Crippen LogP contribution in [0, 0.1) is 5.41 Å². The van der Waals surface area contributed by atoms with Crippen molar-refractivity contribution >= 4 is 29.9 Å². The highest BCUT2D eigenvalue weighted by Gasteiger charge is 2.34. The van der Waals surface area contributed by atoms with Crippen LogP contribution in [0.25, 0.3) is 0 Å². The minimum Gasteiger partial charge on any atom is -0.379 e. The SMILES string of the molecule is CCC1(CN=C(N)NCCCN2CCOCC2)CCC1.I. The van der Waals surface area contributed by atoms with E-state index in [4.69, 9.17) is 10.5 Å². The molecule has 0 bridgehead atoms. The predicted octanol–water partition coefficient (Wildman–Crippen LogP) is 1.81. The molecule has 0 aromatic carbocycles. The van der Waals surface area contributed by atoms with Crippen molar-refractivity contribution in [1.29, 1.82) is 0 Å². The van der Waals surface area contributed by atoms with Crippen LogP contribution in [0.2, 0.25) is 0 Å². The lowest BCUT2D eigenvalue weighted by molar-refractivity contribution is 0.0376. The van der Waals surface area contributed by atoms with Crippen molar-refractivity contribution in [2.45, 2.75) is 39.0 Å². The lowest BCUT2D eigenvalue weighted by atomic mass is 9.67. The summed E-state index contributed by atoms with van der Waals surface area (Å²) in [6, 6.07) is 0. The molecule has 0 atom stereocenters. The summed E-state index contributed by atoms with van der Waals surface area (Å²) in [5.74, 6) is 0.617. The van der Waals surface area contributed by atoms with Crippen molar-refractivity contribution in [2.24, 2.45) is 16.1 Å². The molecule has 2 aliphatic rings. The molecule has 21 heavy (non-hydrogen) atoms. The topological polar surface area (TPSA) is 62.9 Å². The monoisotopic (exact) mass is 410 g/mol. The third-order valence-corrected chi connectivity index (χ3v) is 4.81. The van der Waals surface area contributed by atoms with Crippen LogP contribution in [0.3, 0.4) is 0 Å². The van der Waals surface area contributed by atoms with Crippen molar-refractivity contribution in [1.82, 2.24) is 10.2 Å². The van der Waals surface area contributed by atoms with Gasteiger partial charge in [-0.25, -0.2) is 0 Å². The van der Waals surface area contributed by atoms with Crippen molar-refractivity contribution < 1.29 is 4.74 Å². The summed E-state index contributed by atoms with van der Waals surface area (Å²) in [4.78, 5) is 6.97. The van der Waals surface area contributed by atoms with E-state index in [1.165, 1.54) is 25.7 Å². The van der Waals surface area contributed by atoms with Crippen molar-refractivity contribution in [3.63, 3.8) is 0 Å². The van der Waals surface area contributed by atoms with Crippen LogP contribution in [0.15, 0.2) is 4.99 Å². The van der Waals surface area contributed by atoms with Crippen LogP contribution >= 0.6 is 24.0 Å². The standard InChI is InChI=1S/C15H30N4O.HI/c1-2-15(5-3-6-15)13-18-14(16)17-7-4-8-19-9-11-20-12-10-19;/h2-13H2,1H3,(H3,16,17,18);1H. The number of nitrogens with one attached hydrogen (secondary N) is 1. The van der Waals surface area contributed by atoms with E-state index in [-0.39, 0.29) is 24.0 Å². The Morgan fingerprint density at radius 3 is 2.62 bits per heavy atom. The summed E-state index contributed by atoms with van der Waals surface area (Å²) in [5.41, 5.74) is 6.40. The minimum absolute atomic E-state index is 0. The Kier molecular flexibility index (Phi) is 8.89. The summed E-state index contributed by atoms with van der Waals surface area (Å²) < 4.78 is 5.34. The zero-order chi connectivity index (χ0) is 14.3. The second-order valence-electron chi connectivity index (χ2n) is 6.14. The first-order chi connectivity index (χ1) is 9.74. The lowest BCUT2D eigenvalue weighted by Crippen LogP contribution is -2.39. The first kappa shape index (κ1) is 19.0. The van der Waals surface area contributed by atoms with Gasteiger partial charge in [0.05, 0.1) is 13.2 Å². The molecule has 0 spiro atoms. The number of guanidine groups is 1. The molecule has 2 fully saturated rings. The van der Waals surface area contributed by atoms with Gasteiger partial charge in [0, 0.05) is 26.2 Å². The van der Waals surface area contributed by atoms with Gasteiger partial charge in [-0.05, 0) is 37.6 Å². The molecule has 1 aliphatic heterocycles. The van der Waals surface area contributed by atoms with E-state index in [1.807, 2.05) is 0 Å². The number of aliphatic imine (C=N–C) groups is 1. The molecule has 2 rings (SSSR count). The van der Waals surface area contributed by atoms with Crippen molar-refractivity contribution in [2.75, 3.05) is 45.9 Å². The van der Waals surface area contributed by atoms with E-state index in [0.717, 1.165) is 52.4 Å². The number of nitrogens with zero attached hydrogens (tertiary/aromatic N) is 2. The molecule has 1 aliphatic carbocycles. The maximum Gasteiger partial charge on any atom is 0.188 e. The number of nitrogens with two attached hydrogens (primary N) is 1. The highest BCUT2D eigenvalue weighted by molar-refractivity contribution is 14.0. The minimum atomic E-state index is 0. The molecule has 0 aromatic rings. The molecular formula is C15H31IN4O. The molecule has 124 valence electrons. The van der Waals surface area contributed by atoms with Crippen molar-refractivity contribution in [3.8, 4) is 0 Å². The van der Waals surface area contributed by atoms with E-state index >= 15 is 0 Å². The molecule has 0 radical (unpaired) electrons. The molecule has 0 aromatic heterocycles. The van der Waals surface area contributed by atoms with Crippen molar-refractivity contribution in [3.05, 3.63) is 0 Å². The largest absolute Gasteiger partial charge is 0.379 e. The molecule has 1 saturated heterocycles. The Balaban J connectivity index is 0.00000220. The average molecular weight is 410 g/mol. The van der Waals surface area contributed by atoms with Crippen LogP contribution in [-0.4, -0.2) is 56.8 Å². The zero-order valence-electron chi connectivity index (χ0n) is 13.3. The maximum atomic E-state index is 5.94. The normalized spacial score (nSPS) is 22.2. The molecular weight excluding hydrogens is 379 g/mol. The average Bonchev–Trinajstić information content (AvgIpc) is 2.44. The number of ether oxygens (including phenoxy) is 1. The second-order valence-corrected chi connectivity index (χ2v) is 6.14. The third-order valence-electron chi connectivity index (χ3n) is 4.81. The summed E-state index contributed by atoms with van der Waals surface area (Å²) in [6.45, 7) is 9.04. The Hall–Kier alpha value is -0.0800. The Labute approximate surface area is 146 Å². The van der Waals surface area contributed by atoms with Gasteiger partial charge in [0.2, 0.25) is 0 Å². The number of rotatable bonds is 7. The number of hydrogen-bond acceptors (Lipinski definition) is 3. The van der Waals surface area contributed by atoms with Crippen LogP contribution in [0.1, 0.15) is 39.0 Å². The molecule has 6 heteroatoms. The van der Waals surface area contributed by atoms with E-state index in [2.05, 4.69) is 22.1 Å². The first-order valence-corrected chi connectivity index (χ1v) is 8.08. The number of hydrogen-bond donors (Lipinski definition) is 2. The highest BCUT2D eigenvalue weighted by atomic mass is 127.